The van der Waals surface area contributed by atoms with Crippen molar-refractivity contribution in [1.82, 2.24) is 19.9 Å². The van der Waals surface area contributed by atoms with Gasteiger partial charge in [-0.15, -0.1) is 0 Å². The lowest BCUT2D eigenvalue weighted by Crippen LogP contribution is -1.97. The summed E-state index contributed by atoms with van der Waals surface area (Å²) in [5.74, 6) is 1.60. The third kappa shape index (κ3) is 1.32. The summed E-state index contributed by atoms with van der Waals surface area (Å²) < 4.78 is 7.76. The van der Waals surface area contributed by atoms with Crippen LogP contribution in [0.25, 0.3) is 11.4 Å². The standard InChI is InChI=1S/C9H10N4OS/c1-5-7(4-10-14-5)8-11-12-9(15)13(8)6-2-3-6/h4,6H,2-3H2,1H3,(H,12,15). The summed E-state index contributed by atoms with van der Waals surface area (Å²) in [6, 6.07) is 0.501. The molecule has 1 aliphatic carbocycles. The molecule has 1 aliphatic rings. The molecule has 6 heteroatoms. The fourth-order valence-corrected chi connectivity index (χ4v) is 1.96. The maximum Gasteiger partial charge on any atom is 0.195 e. The second-order valence-corrected chi connectivity index (χ2v) is 4.14. The summed E-state index contributed by atoms with van der Waals surface area (Å²) in [4.78, 5) is 0. The first kappa shape index (κ1) is 8.84. The molecule has 0 aliphatic heterocycles. The number of rotatable bonds is 2. The molecule has 0 spiro atoms. The third-order valence-electron chi connectivity index (χ3n) is 2.61. The van der Waals surface area contributed by atoms with Crippen molar-refractivity contribution in [2.45, 2.75) is 25.8 Å². The van der Waals surface area contributed by atoms with Gasteiger partial charge in [-0.05, 0) is 32.0 Å². The van der Waals surface area contributed by atoms with Crippen LogP contribution in [0.4, 0.5) is 0 Å². The van der Waals surface area contributed by atoms with Crippen LogP contribution in [-0.4, -0.2) is 19.9 Å². The molecule has 0 amide bonds. The lowest BCUT2D eigenvalue weighted by Gasteiger charge is -2.01. The summed E-state index contributed by atoms with van der Waals surface area (Å²) in [6.07, 6.45) is 4.02. The zero-order chi connectivity index (χ0) is 10.4. The van der Waals surface area contributed by atoms with Crippen LogP contribution in [0.1, 0.15) is 24.6 Å². The van der Waals surface area contributed by atoms with Crippen LogP contribution >= 0.6 is 12.2 Å². The number of aromatic amines is 1. The minimum absolute atomic E-state index is 0.501. The molecule has 2 aromatic rings. The van der Waals surface area contributed by atoms with Crippen molar-refractivity contribution in [3.8, 4) is 11.4 Å². The number of hydrogen-bond donors (Lipinski definition) is 1. The first-order chi connectivity index (χ1) is 7.27. The van der Waals surface area contributed by atoms with Crippen molar-refractivity contribution in [2.24, 2.45) is 0 Å². The average molecular weight is 222 g/mol. The molecule has 5 nitrogen and oxygen atoms in total. The van der Waals surface area contributed by atoms with Gasteiger partial charge in [-0.3, -0.25) is 9.67 Å². The normalized spacial score (nSPS) is 15.8. The van der Waals surface area contributed by atoms with E-state index in [1.807, 2.05) is 6.92 Å². The van der Waals surface area contributed by atoms with Gasteiger partial charge >= 0.3 is 0 Å². The molecule has 0 atom stereocenters. The van der Waals surface area contributed by atoms with E-state index in [-0.39, 0.29) is 0 Å². The van der Waals surface area contributed by atoms with Gasteiger partial charge in [0, 0.05) is 6.04 Å². The molecule has 0 bridgehead atoms. The van der Waals surface area contributed by atoms with Crippen molar-refractivity contribution in [2.75, 3.05) is 0 Å². The fraction of sp³-hybridized carbons (Fsp3) is 0.444. The molecule has 2 heterocycles. The van der Waals surface area contributed by atoms with Crippen LogP contribution < -0.4 is 0 Å². The first-order valence-electron chi connectivity index (χ1n) is 4.86. The van der Waals surface area contributed by atoms with Gasteiger partial charge in [0.25, 0.3) is 0 Å². The Morgan fingerprint density at radius 1 is 1.60 bits per heavy atom. The van der Waals surface area contributed by atoms with Crippen LogP contribution in [0, 0.1) is 11.7 Å². The van der Waals surface area contributed by atoms with Crippen LogP contribution in [0.2, 0.25) is 0 Å². The lowest BCUT2D eigenvalue weighted by molar-refractivity contribution is 0.397. The quantitative estimate of drug-likeness (QED) is 0.791. The highest BCUT2D eigenvalue weighted by Crippen LogP contribution is 2.38. The maximum absolute atomic E-state index is 5.20. The molecule has 0 saturated heterocycles. The lowest BCUT2D eigenvalue weighted by atomic mass is 10.2. The zero-order valence-electron chi connectivity index (χ0n) is 8.23. The van der Waals surface area contributed by atoms with Gasteiger partial charge in [-0.1, -0.05) is 5.16 Å². The van der Waals surface area contributed by atoms with Gasteiger partial charge in [0.1, 0.15) is 5.76 Å². The van der Waals surface area contributed by atoms with Gasteiger partial charge in [0.2, 0.25) is 0 Å². The van der Waals surface area contributed by atoms with Gasteiger partial charge < -0.3 is 4.52 Å². The van der Waals surface area contributed by atoms with Crippen molar-refractivity contribution in [1.29, 1.82) is 0 Å². The second-order valence-electron chi connectivity index (χ2n) is 3.75. The zero-order valence-corrected chi connectivity index (χ0v) is 9.04. The van der Waals surface area contributed by atoms with E-state index < -0.39 is 0 Å². The predicted octanol–water partition coefficient (Wildman–Crippen LogP) is 2.24. The first-order valence-corrected chi connectivity index (χ1v) is 5.27. The van der Waals surface area contributed by atoms with E-state index >= 15 is 0 Å². The minimum atomic E-state index is 0.501. The van der Waals surface area contributed by atoms with Gasteiger partial charge in [-0.2, -0.15) is 5.10 Å². The summed E-state index contributed by atoms with van der Waals surface area (Å²) in [7, 11) is 0. The molecule has 0 unspecified atom stereocenters. The Morgan fingerprint density at radius 2 is 2.40 bits per heavy atom. The van der Waals surface area contributed by atoms with Crippen molar-refractivity contribution >= 4 is 12.2 Å². The van der Waals surface area contributed by atoms with Gasteiger partial charge in [0.05, 0.1) is 11.8 Å². The Balaban J connectivity index is 2.20. The molecule has 3 rings (SSSR count). The Hall–Kier alpha value is -1.43. The molecule has 2 aromatic heterocycles. The van der Waals surface area contributed by atoms with Crippen molar-refractivity contribution < 1.29 is 4.52 Å². The van der Waals surface area contributed by atoms with E-state index in [1.54, 1.807) is 6.20 Å². The molecular formula is C9H10N4OS. The molecule has 78 valence electrons. The van der Waals surface area contributed by atoms with E-state index in [1.165, 1.54) is 12.8 Å². The minimum Gasteiger partial charge on any atom is -0.361 e. The monoisotopic (exact) mass is 222 g/mol. The second kappa shape index (κ2) is 3.03. The summed E-state index contributed by atoms with van der Waals surface area (Å²) >= 11 is 5.20. The highest BCUT2D eigenvalue weighted by Gasteiger charge is 2.28. The fourth-order valence-electron chi connectivity index (χ4n) is 1.68. The molecule has 1 saturated carbocycles. The van der Waals surface area contributed by atoms with E-state index in [0.29, 0.717) is 10.8 Å². The molecule has 0 radical (unpaired) electrons. The highest BCUT2D eigenvalue weighted by atomic mass is 32.1. The molecule has 1 N–H and O–H groups in total. The summed E-state index contributed by atoms with van der Waals surface area (Å²) in [6.45, 7) is 1.87. The number of aryl methyl sites for hydroxylation is 1. The number of H-pyrrole nitrogens is 1. The van der Waals surface area contributed by atoms with Crippen LogP contribution in [0.5, 0.6) is 0 Å². The predicted molar refractivity (Wildman–Crippen MR) is 55.9 cm³/mol. The van der Waals surface area contributed by atoms with Crippen molar-refractivity contribution in [3.05, 3.63) is 16.7 Å². The van der Waals surface area contributed by atoms with Crippen molar-refractivity contribution in [3.63, 3.8) is 0 Å². The molecule has 1 fully saturated rings. The van der Waals surface area contributed by atoms with E-state index in [2.05, 4.69) is 19.9 Å². The SMILES string of the molecule is Cc1oncc1-c1n[nH]c(=S)n1C1CC1. The van der Waals surface area contributed by atoms with Crippen LogP contribution in [0.3, 0.4) is 0 Å². The van der Waals surface area contributed by atoms with E-state index in [0.717, 1.165) is 17.1 Å². The number of hydrogen-bond acceptors (Lipinski definition) is 4. The molecule has 15 heavy (non-hydrogen) atoms. The number of nitrogens with zero attached hydrogens (tertiary/aromatic N) is 3. The van der Waals surface area contributed by atoms with Crippen LogP contribution in [0.15, 0.2) is 10.7 Å². The Bertz CT molecular complexity index is 548. The van der Waals surface area contributed by atoms with E-state index in [9.17, 15) is 0 Å². The smallest absolute Gasteiger partial charge is 0.195 e. The van der Waals surface area contributed by atoms with Gasteiger partial charge in [0.15, 0.2) is 10.6 Å². The Kier molecular flexibility index (Phi) is 1.79. The number of nitrogens with one attached hydrogen (secondary N) is 1. The molecule has 0 aromatic carbocycles. The maximum atomic E-state index is 5.20. The number of aromatic nitrogens is 4. The largest absolute Gasteiger partial charge is 0.361 e. The summed E-state index contributed by atoms with van der Waals surface area (Å²) in [5.41, 5.74) is 0.911. The average Bonchev–Trinajstić information content (AvgIpc) is 2.85. The van der Waals surface area contributed by atoms with Crippen LogP contribution in [-0.2, 0) is 0 Å². The third-order valence-corrected chi connectivity index (χ3v) is 2.90. The van der Waals surface area contributed by atoms with E-state index in [4.69, 9.17) is 16.7 Å². The summed E-state index contributed by atoms with van der Waals surface area (Å²) in [5, 5.41) is 10.8. The topological polar surface area (TPSA) is 59.6 Å². The highest BCUT2D eigenvalue weighted by molar-refractivity contribution is 7.71. The molecular weight excluding hydrogens is 212 g/mol. The Labute approximate surface area is 91.1 Å². The van der Waals surface area contributed by atoms with Gasteiger partial charge in [-0.25, -0.2) is 0 Å². The Morgan fingerprint density at radius 3 is 3.00 bits per heavy atom.